The van der Waals surface area contributed by atoms with E-state index in [0.717, 1.165) is 23.8 Å². The summed E-state index contributed by atoms with van der Waals surface area (Å²) in [7, 11) is 0. The van der Waals surface area contributed by atoms with Crippen LogP contribution in [0.1, 0.15) is 11.1 Å². The van der Waals surface area contributed by atoms with Gasteiger partial charge < -0.3 is 4.90 Å². The molecule has 4 nitrogen and oxygen atoms in total. The maximum Gasteiger partial charge on any atom is 0.233 e. The van der Waals surface area contributed by atoms with Crippen LogP contribution < -0.4 is 0 Å². The van der Waals surface area contributed by atoms with E-state index in [4.69, 9.17) is 11.6 Å². The van der Waals surface area contributed by atoms with E-state index in [1.807, 2.05) is 46.0 Å². The fourth-order valence-electron chi connectivity index (χ4n) is 3.15. The van der Waals surface area contributed by atoms with Gasteiger partial charge in [0.05, 0.1) is 5.75 Å². The minimum absolute atomic E-state index is 0.144. The SMILES string of the molecule is O=C(CSc1nccn1-c1cccc(Cl)c1)N1CCc2ccccc2C1. The third-order valence-corrected chi connectivity index (χ3v) is 5.69. The third-order valence-electron chi connectivity index (χ3n) is 4.50. The maximum atomic E-state index is 12.7. The van der Waals surface area contributed by atoms with Gasteiger partial charge in [0.2, 0.25) is 5.91 Å². The van der Waals surface area contributed by atoms with Gasteiger partial charge in [-0.1, -0.05) is 53.7 Å². The predicted molar refractivity (Wildman–Crippen MR) is 105 cm³/mol. The Morgan fingerprint density at radius 3 is 2.85 bits per heavy atom. The molecule has 0 saturated carbocycles. The molecule has 26 heavy (non-hydrogen) atoms. The van der Waals surface area contributed by atoms with Gasteiger partial charge in [0, 0.05) is 36.2 Å². The van der Waals surface area contributed by atoms with Gasteiger partial charge in [0.15, 0.2) is 5.16 Å². The number of hydrogen-bond acceptors (Lipinski definition) is 3. The van der Waals surface area contributed by atoms with Gasteiger partial charge in [-0.3, -0.25) is 9.36 Å². The number of benzene rings is 2. The third kappa shape index (κ3) is 3.64. The van der Waals surface area contributed by atoms with E-state index in [0.29, 0.717) is 17.3 Å². The van der Waals surface area contributed by atoms with Crippen LogP contribution >= 0.6 is 23.4 Å². The lowest BCUT2D eigenvalue weighted by Crippen LogP contribution is -2.37. The number of carbonyl (C=O) groups excluding carboxylic acids is 1. The second kappa shape index (κ2) is 7.56. The molecule has 0 saturated heterocycles. The van der Waals surface area contributed by atoms with Gasteiger partial charge in [-0.05, 0) is 35.7 Å². The lowest BCUT2D eigenvalue weighted by molar-refractivity contribution is -0.129. The first-order valence-electron chi connectivity index (χ1n) is 8.47. The largest absolute Gasteiger partial charge is 0.337 e. The molecule has 0 aliphatic carbocycles. The molecule has 6 heteroatoms. The average molecular weight is 384 g/mol. The Bertz CT molecular complexity index is 940. The highest BCUT2D eigenvalue weighted by molar-refractivity contribution is 7.99. The van der Waals surface area contributed by atoms with E-state index >= 15 is 0 Å². The minimum Gasteiger partial charge on any atom is -0.337 e. The Morgan fingerprint density at radius 2 is 2.00 bits per heavy atom. The van der Waals surface area contributed by atoms with Crippen molar-refractivity contribution in [3.8, 4) is 5.69 Å². The van der Waals surface area contributed by atoms with Crippen LogP contribution in [0, 0.1) is 0 Å². The van der Waals surface area contributed by atoms with Crippen LogP contribution in [0.5, 0.6) is 0 Å². The molecule has 1 aliphatic rings. The Morgan fingerprint density at radius 1 is 1.15 bits per heavy atom. The molecule has 2 aromatic carbocycles. The zero-order valence-electron chi connectivity index (χ0n) is 14.1. The Hall–Kier alpha value is -2.24. The Balaban J connectivity index is 1.42. The van der Waals surface area contributed by atoms with Crippen molar-refractivity contribution in [2.75, 3.05) is 12.3 Å². The molecule has 1 aliphatic heterocycles. The normalized spacial score (nSPS) is 13.5. The number of rotatable bonds is 4. The van der Waals surface area contributed by atoms with Crippen molar-refractivity contribution in [1.82, 2.24) is 14.5 Å². The van der Waals surface area contributed by atoms with Crippen molar-refractivity contribution in [1.29, 1.82) is 0 Å². The molecule has 0 bridgehead atoms. The minimum atomic E-state index is 0.144. The number of thioether (sulfide) groups is 1. The molecule has 0 atom stereocenters. The molecule has 1 amide bonds. The highest BCUT2D eigenvalue weighted by atomic mass is 35.5. The summed E-state index contributed by atoms with van der Waals surface area (Å²) in [5.41, 5.74) is 3.54. The van der Waals surface area contributed by atoms with E-state index in [-0.39, 0.29) is 5.91 Å². The summed E-state index contributed by atoms with van der Waals surface area (Å²) in [5.74, 6) is 0.518. The van der Waals surface area contributed by atoms with Gasteiger partial charge in [0.25, 0.3) is 0 Å². The fraction of sp³-hybridized carbons (Fsp3) is 0.200. The van der Waals surface area contributed by atoms with Gasteiger partial charge in [-0.2, -0.15) is 0 Å². The van der Waals surface area contributed by atoms with Crippen molar-refractivity contribution < 1.29 is 4.79 Å². The topological polar surface area (TPSA) is 38.1 Å². The zero-order valence-corrected chi connectivity index (χ0v) is 15.7. The number of imidazole rings is 1. The van der Waals surface area contributed by atoms with Crippen LogP contribution in [0.15, 0.2) is 66.1 Å². The van der Waals surface area contributed by atoms with E-state index in [1.54, 1.807) is 6.20 Å². The second-order valence-electron chi connectivity index (χ2n) is 6.18. The number of amides is 1. The molecule has 2 heterocycles. The van der Waals surface area contributed by atoms with Crippen molar-refractivity contribution in [2.24, 2.45) is 0 Å². The van der Waals surface area contributed by atoms with E-state index in [9.17, 15) is 4.79 Å². The Kier molecular flexibility index (Phi) is 5.00. The molecular formula is C20H18ClN3OS. The Labute approximate surface area is 161 Å². The van der Waals surface area contributed by atoms with Crippen molar-refractivity contribution >= 4 is 29.3 Å². The predicted octanol–water partition coefficient (Wildman–Crippen LogP) is 4.20. The number of halogens is 1. The highest BCUT2D eigenvalue weighted by Crippen LogP contribution is 2.24. The monoisotopic (exact) mass is 383 g/mol. The maximum absolute atomic E-state index is 12.7. The molecule has 0 N–H and O–H groups in total. The molecule has 0 radical (unpaired) electrons. The van der Waals surface area contributed by atoms with Crippen LogP contribution in [-0.2, 0) is 17.8 Å². The van der Waals surface area contributed by atoms with Crippen LogP contribution in [-0.4, -0.2) is 32.7 Å². The molecule has 4 rings (SSSR count). The van der Waals surface area contributed by atoms with Crippen molar-refractivity contribution in [2.45, 2.75) is 18.1 Å². The number of carbonyl (C=O) groups is 1. The lowest BCUT2D eigenvalue weighted by atomic mass is 10.00. The summed E-state index contributed by atoms with van der Waals surface area (Å²) >= 11 is 7.54. The van der Waals surface area contributed by atoms with Gasteiger partial charge >= 0.3 is 0 Å². The highest BCUT2D eigenvalue weighted by Gasteiger charge is 2.21. The van der Waals surface area contributed by atoms with Crippen LogP contribution in [0.3, 0.4) is 0 Å². The van der Waals surface area contributed by atoms with E-state index in [2.05, 4.69) is 23.2 Å². The summed E-state index contributed by atoms with van der Waals surface area (Å²) in [6.45, 7) is 1.47. The van der Waals surface area contributed by atoms with Crippen molar-refractivity contribution in [3.05, 3.63) is 77.1 Å². The molecule has 132 valence electrons. The van der Waals surface area contributed by atoms with Crippen LogP contribution in [0.25, 0.3) is 5.69 Å². The number of hydrogen-bond donors (Lipinski definition) is 0. The molecule has 0 unspecified atom stereocenters. The fourth-order valence-corrected chi connectivity index (χ4v) is 4.21. The summed E-state index contributed by atoms with van der Waals surface area (Å²) in [5, 5.41) is 1.47. The summed E-state index contributed by atoms with van der Waals surface area (Å²) in [6.07, 6.45) is 4.55. The van der Waals surface area contributed by atoms with Gasteiger partial charge in [-0.15, -0.1) is 0 Å². The standard InChI is InChI=1S/C20H18ClN3OS/c21-17-6-3-7-18(12-17)24-11-9-22-20(24)26-14-19(25)23-10-8-15-4-1-2-5-16(15)13-23/h1-7,9,11-12H,8,10,13-14H2. The summed E-state index contributed by atoms with van der Waals surface area (Å²) < 4.78 is 1.95. The summed E-state index contributed by atoms with van der Waals surface area (Å²) in [6, 6.07) is 15.9. The summed E-state index contributed by atoms with van der Waals surface area (Å²) in [4.78, 5) is 19.0. The molecule has 3 aromatic rings. The van der Waals surface area contributed by atoms with E-state index < -0.39 is 0 Å². The molecular weight excluding hydrogens is 366 g/mol. The first kappa shape index (κ1) is 17.2. The average Bonchev–Trinajstić information content (AvgIpc) is 3.14. The second-order valence-corrected chi connectivity index (χ2v) is 7.56. The first-order valence-corrected chi connectivity index (χ1v) is 9.84. The lowest BCUT2D eigenvalue weighted by Gasteiger charge is -2.28. The molecule has 0 fully saturated rings. The zero-order chi connectivity index (χ0) is 17.9. The molecule has 0 spiro atoms. The first-order chi connectivity index (χ1) is 12.7. The van der Waals surface area contributed by atoms with Crippen molar-refractivity contribution in [3.63, 3.8) is 0 Å². The van der Waals surface area contributed by atoms with Crippen LogP contribution in [0.4, 0.5) is 0 Å². The van der Waals surface area contributed by atoms with Gasteiger partial charge in [0.1, 0.15) is 0 Å². The van der Waals surface area contributed by atoms with E-state index in [1.165, 1.54) is 22.9 Å². The van der Waals surface area contributed by atoms with Gasteiger partial charge in [-0.25, -0.2) is 4.98 Å². The number of aromatic nitrogens is 2. The quantitative estimate of drug-likeness (QED) is 0.633. The molecule has 1 aromatic heterocycles. The van der Waals surface area contributed by atoms with Crippen LogP contribution in [0.2, 0.25) is 5.02 Å². The smallest absolute Gasteiger partial charge is 0.233 e. The number of fused-ring (bicyclic) bond motifs is 1. The number of nitrogens with zero attached hydrogens (tertiary/aromatic N) is 3.